The minimum atomic E-state index is -0.315. The molecular weight excluding hydrogens is 355 g/mol. The van der Waals surface area contributed by atoms with E-state index in [2.05, 4.69) is 27.9 Å². The summed E-state index contributed by atoms with van der Waals surface area (Å²) in [6, 6.07) is 16.3. The zero-order chi connectivity index (χ0) is 19.3. The van der Waals surface area contributed by atoms with E-state index in [0.29, 0.717) is 5.56 Å². The van der Waals surface area contributed by atoms with E-state index in [4.69, 9.17) is 0 Å². The first kappa shape index (κ1) is 18.2. The summed E-state index contributed by atoms with van der Waals surface area (Å²) < 4.78 is 15.7. The lowest BCUT2D eigenvalue weighted by Gasteiger charge is -2.24. The number of nitrogens with one attached hydrogen (secondary N) is 2. The van der Waals surface area contributed by atoms with Crippen LogP contribution in [0.15, 0.2) is 60.8 Å². The lowest BCUT2D eigenvalue weighted by atomic mass is 9.93. The fourth-order valence-electron chi connectivity index (χ4n) is 3.69. The second kappa shape index (κ2) is 8.25. The van der Waals surface area contributed by atoms with Gasteiger partial charge in [-0.1, -0.05) is 48.5 Å². The number of rotatable bonds is 5. The van der Waals surface area contributed by atoms with Gasteiger partial charge in [-0.25, -0.2) is 9.18 Å². The summed E-state index contributed by atoms with van der Waals surface area (Å²) >= 11 is 0. The third kappa shape index (κ3) is 4.06. The average molecular weight is 378 g/mol. The molecule has 0 fully saturated rings. The largest absolute Gasteiger partial charge is 0.334 e. The van der Waals surface area contributed by atoms with Crippen LogP contribution in [0, 0.1) is 5.82 Å². The Morgan fingerprint density at radius 2 is 1.93 bits per heavy atom. The molecule has 5 nitrogen and oxygen atoms in total. The van der Waals surface area contributed by atoms with Crippen molar-refractivity contribution >= 4 is 6.03 Å². The van der Waals surface area contributed by atoms with E-state index in [-0.39, 0.29) is 24.4 Å². The molecule has 2 aromatic carbocycles. The zero-order valence-corrected chi connectivity index (χ0v) is 15.6. The molecule has 1 heterocycles. The molecule has 4 rings (SSSR count). The number of carbonyl (C=O) groups is 1. The molecule has 2 amide bonds. The second-order valence-electron chi connectivity index (χ2n) is 7.05. The minimum absolute atomic E-state index is 0.0751. The van der Waals surface area contributed by atoms with Gasteiger partial charge in [-0.05, 0) is 30.9 Å². The summed E-state index contributed by atoms with van der Waals surface area (Å²) in [6.07, 6.45) is 4.68. The van der Waals surface area contributed by atoms with E-state index in [1.165, 1.54) is 17.3 Å². The van der Waals surface area contributed by atoms with Gasteiger partial charge < -0.3 is 10.6 Å². The van der Waals surface area contributed by atoms with Crippen LogP contribution in [0.4, 0.5) is 9.18 Å². The van der Waals surface area contributed by atoms with Crippen LogP contribution >= 0.6 is 0 Å². The highest BCUT2D eigenvalue weighted by Crippen LogP contribution is 2.29. The zero-order valence-electron chi connectivity index (χ0n) is 15.6. The van der Waals surface area contributed by atoms with Gasteiger partial charge in [0.25, 0.3) is 0 Å². The van der Waals surface area contributed by atoms with Crippen molar-refractivity contribution in [1.82, 2.24) is 20.4 Å². The van der Waals surface area contributed by atoms with Gasteiger partial charge in [0.15, 0.2) is 0 Å². The number of hydrogen-bond donors (Lipinski definition) is 2. The number of amides is 2. The molecule has 0 saturated carbocycles. The van der Waals surface area contributed by atoms with E-state index in [0.717, 1.165) is 31.4 Å². The van der Waals surface area contributed by atoms with Crippen molar-refractivity contribution < 1.29 is 9.18 Å². The molecule has 0 bridgehead atoms. The molecule has 2 N–H and O–H groups in total. The molecule has 0 radical (unpaired) electrons. The number of aromatic nitrogens is 2. The fourth-order valence-corrected chi connectivity index (χ4v) is 3.69. The second-order valence-corrected chi connectivity index (χ2v) is 7.05. The van der Waals surface area contributed by atoms with E-state index in [1.807, 2.05) is 29.1 Å². The smallest absolute Gasteiger partial charge is 0.315 e. The number of benzene rings is 2. The number of nitrogens with zero attached hydrogens (tertiary/aromatic N) is 2. The highest BCUT2D eigenvalue weighted by Gasteiger charge is 2.25. The Morgan fingerprint density at radius 3 is 2.75 bits per heavy atom. The predicted octanol–water partition coefficient (Wildman–Crippen LogP) is 3.95. The maximum atomic E-state index is 13.7. The van der Waals surface area contributed by atoms with Crippen LogP contribution in [0.3, 0.4) is 0 Å². The normalized spacial score (nSPS) is 15.7. The Labute approximate surface area is 163 Å². The molecule has 0 aliphatic heterocycles. The first-order chi connectivity index (χ1) is 13.7. The molecule has 0 spiro atoms. The third-order valence-electron chi connectivity index (χ3n) is 5.14. The summed E-state index contributed by atoms with van der Waals surface area (Å²) in [5, 5.41) is 10.3. The van der Waals surface area contributed by atoms with Crippen LogP contribution in [0.1, 0.15) is 41.3 Å². The molecular formula is C22H23FN4O. The molecule has 0 saturated heterocycles. The highest BCUT2D eigenvalue weighted by atomic mass is 19.1. The van der Waals surface area contributed by atoms with Crippen molar-refractivity contribution in [1.29, 1.82) is 0 Å². The fraction of sp³-hybridized carbons (Fsp3) is 0.273. The lowest BCUT2D eigenvalue weighted by Crippen LogP contribution is -2.38. The van der Waals surface area contributed by atoms with Crippen molar-refractivity contribution in [2.75, 3.05) is 0 Å². The lowest BCUT2D eigenvalue weighted by molar-refractivity contribution is 0.235. The summed E-state index contributed by atoms with van der Waals surface area (Å²) in [5.74, 6) is -0.315. The Morgan fingerprint density at radius 1 is 1.14 bits per heavy atom. The van der Waals surface area contributed by atoms with Crippen LogP contribution in [0.2, 0.25) is 0 Å². The van der Waals surface area contributed by atoms with Gasteiger partial charge >= 0.3 is 6.03 Å². The summed E-state index contributed by atoms with van der Waals surface area (Å²) in [4.78, 5) is 12.3. The number of urea groups is 1. The molecule has 28 heavy (non-hydrogen) atoms. The van der Waals surface area contributed by atoms with E-state index in [9.17, 15) is 9.18 Å². The van der Waals surface area contributed by atoms with Gasteiger partial charge in [-0.3, -0.25) is 4.68 Å². The molecule has 6 heteroatoms. The van der Waals surface area contributed by atoms with Crippen molar-refractivity contribution in [2.45, 2.75) is 38.4 Å². The van der Waals surface area contributed by atoms with Gasteiger partial charge in [-0.15, -0.1) is 0 Å². The quantitative estimate of drug-likeness (QED) is 0.706. The van der Waals surface area contributed by atoms with Crippen molar-refractivity contribution in [2.24, 2.45) is 0 Å². The monoisotopic (exact) mass is 378 g/mol. The molecule has 1 unspecified atom stereocenters. The molecule has 1 atom stereocenters. The maximum Gasteiger partial charge on any atom is 0.315 e. The minimum Gasteiger partial charge on any atom is -0.334 e. The number of halogens is 1. The molecule has 3 aromatic rings. The summed E-state index contributed by atoms with van der Waals surface area (Å²) in [6.45, 7) is 0.883. The number of carbonyl (C=O) groups excluding carboxylic acids is 1. The third-order valence-corrected chi connectivity index (χ3v) is 5.14. The first-order valence-corrected chi connectivity index (χ1v) is 9.57. The molecule has 1 aliphatic rings. The SMILES string of the molecule is O=C(NCc1ccccc1F)NC1CCCc2c1cnn2Cc1ccccc1. The summed E-state index contributed by atoms with van der Waals surface area (Å²) in [5.41, 5.74) is 3.92. The van der Waals surface area contributed by atoms with Gasteiger partial charge in [0, 0.05) is 23.4 Å². The average Bonchev–Trinajstić information content (AvgIpc) is 3.12. The van der Waals surface area contributed by atoms with Crippen LogP contribution in [0.5, 0.6) is 0 Å². The van der Waals surface area contributed by atoms with Crippen LogP contribution in [0.25, 0.3) is 0 Å². The topological polar surface area (TPSA) is 59.0 Å². The Balaban J connectivity index is 1.40. The molecule has 1 aromatic heterocycles. The van der Waals surface area contributed by atoms with E-state index >= 15 is 0 Å². The van der Waals surface area contributed by atoms with Crippen LogP contribution in [-0.4, -0.2) is 15.8 Å². The van der Waals surface area contributed by atoms with E-state index in [1.54, 1.807) is 18.2 Å². The van der Waals surface area contributed by atoms with E-state index < -0.39 is 0 Å². The van der Waals surface area contributed by atoms with Gasteiger partial charge in [0.05, 0.1) is 18.8 Å². The predicted molar refractivity (Wildman–Crippen MR) is 105 cm³/mol. The Kier molecular flexibility index (Phi) is 5.37. The molecule has 1 aliphatic carbocycles. The summed E-state index contributed by atoms with van der Waals surface area (Å²) in [7, 11) is 0. The standard InChI is InChI=1S/C22H23FN4O/c23-19-10-5-4-9-17(19)13-24-22(28)26-20-11-6-12-21-18(20)14-25-27(21)15-16-7-2-1-3-8-16/h1-5,7-10,14,20H,6,11-13,15H2,(H2,24,26,28). The van der Waals surface area contributed by atoms with Crippen molar-refractivity contribution in [3.8, 4) is 0 Å². The van der Waals surface area contributed by atoms with Crippen LogP contribution < -0.4 is 10.6 Å². The van der Waals surface area contributed by atoms with Crippen molar-refractivity contribution in [3.63, 3.8) is 0 Å². The van der Waals surface area contributed by atoms with Crippen molar-refractivity contribution in [3.05, 3.63) is 89.0 Å². The highest BCUT2D eigenvalue weighted by molar-refractivity contribution is 5.74. The van der Waals surface area contributed by atoms with Crippen LogP contribution in [-0.2, 0) is 19.5 Å². The van der Waals surface area contributed by atoms with Gasteiger partial charge in [-0.2, -0.15) is 5.10 Å². The Bertz CT molecular complexity index is 954. The maximum absolute atomic E-state index is 13.7. The number of hydrogen-bond acceptors (Lipinski definition) is 2. The first-order valence-electron chi connectivity index (χ1n) is 9.57. The van der Waals surface area contributed by atoms with Gasteiger partial charge in [0.2, 0.25) is 0 Å². The Hall–Kier alpha value is -3.15. The molecule has 144 valence electrons. The number of fused-ring (bicyclic) bond motifs is 1. The van der Waals surface area contributed by atoms with Gasteiger partial charge in [0.1, 0.15) is 5.82 Å².